The summed E-state index contributed by atoms with van der Waals surface area (Å²) in [5.74, 6) is 0. The van der Waals surface area contributed by atoms with Gasteiger partial charge in [0.1, 0.15) is 0 Å². The molecule has 0 aliphatic heterocycles. The highest BCUT2D eigenvalue weighted by Crippen LogP contribution is 2.52. The van der Waals surface area contributed by atoms with E-state index in [2.05, 4.69) is 120 Å². The van der Waals surface area contributed by atoms with Crippen molar-refractivity contribution in [2.24, 2.45) is 0 Å². The minimum Gasteiger partial charge on any atom is -0.0618 e. The number of hydrogen-bond donors (Lipinski definition) is 0. The third-order valence-corrected chi connectivity index (χ3v) is 5.32. The van der Waals surface area contributed by atoms with Crippen molar-refractivity contribution < 1.29 is 0 Å². The fourth-order valence-corrected chi connectivity index (χ4v) is 4.00. The minimum atomic E-state index is -0.454. The summed E-state index contributed by atoms with van der Waals surface area (Å²) in [6.07, 6.45) is 0. The van der Waals surface area contributed by atoms with E-state index in [1.807, 2.05) is 24.3 Å². The highest BCUT2D eigenvalue weighted by atomic mass is 80.0. The third-order valence-electron chi connectivity index (χ3n) is 2.76. The fourth-order valence-electron chi connectivity index (χ4n) is 1.93. The predicted molar refractivity (Wildman–Crippen MR) is 109 cm³/mol. The van der Waals surface area contributed by atoms with Gasteiger partial charge in [-0.1, -0.05) is 144 Å². The molecule has 2 aromatic rings. The number of hydrogen-bond acceptors (Lipinski definition) is 0. The van der Waals surface area contributed by atoms with Gasteiger partial charge in [-0.25, -0.2) is 0 Å². The Hall–Kier alpha value is 1.32. The summed E-state index contributed by atoms with van der Waals surface area (Å²) in [6, 6.07) is 16.5. The van der Waals surface area contributed by atoms with Gasteiger partial charge in [0.15, 0.2) is 4.29 Å². The van der Waals surface area contributed by atoms with Crippen LogP contribution in [-0.2, 0) is 4.29 Å². The number of rotatable bonds is 1. The van der Waals surface area contributed by atoms with Gasteiger partial charge in [0.2, 0.25) is 0 Å². The molecule has 0 unspecified atom stereocenters. The van der Waals surface area contributed by atoms with Crippen molar-refractivity contribution in [1.82, 2.24) is 0 Å². The van der Waals surface area contributed by atoms with Gasteiger partial charge in [-0.15, -0.1) is 0 Å². The quantitative estimate of drug-likeness (QED) is 0.274. The van der Waals surface area contributed by atoms with Crippen molar-refractivity contribution >= 4 is 95.6 Å². The number of benzene rings is 2. The lowest BCUT2D eigenvalue weighted by molar-refractivity contribution is 1.32. The molecule has 0 saturated carbocycles. The first-order valence-electron chi connectivity index (χ1n) is 5.54. The van der Waals surface area contributed by atoms with E-state index in [-0.39, 0.29) is 0 Å². The van der Waals surface area contributed by atoms with Crippen molar-refractivity contribution in [2.75, 3.05) is 0 Å². The Morgan fingerprint density at radius 2 is 0.800 bits per heavy atom. The van der Waals surface area contributed by atoms with Crippen LogP contribution in [0.25, 0.3) is 11.1 Å². The summed E-state index contributed by atoms with van der Waals surface area (Å²) >= 11 is 21.6. The van der Waals surface area contributed by atoms with Crippen molar-refractivity contribution in [3.05, 3.63) is 59.7 Å². The molecule has 0 fully saturated rings. The SMILES string of the molecule is BrC(Br)(Br)c1ccccc1-c1ccccc1C(Br)(Br)Br. The Morgan fingerprint density at radius 1 is 0.500 bits per heavy atom. The normalized spacial score (nSPS) is 12.5. The number of halogens is 6. The van der Waals surface area contributed by atoms with E-state index < -0.39 is 4.29 Å². The smallest absolute Gasteiger partial charge is 0.0618 e. The first-order valence-corrected chi connectivity index (χ1v) is 10.3. The van der Waals surface area contributed by atoms with Crippen LogP contribution < -0.4 is 0 Å². The Morgan fingerprint density at radius 3 is 1.10 bits per heavy atom. The molecule has 0 spiro atoms. The van der Waals surface area contributed by atoms with Gasteiger partial charge >= 0.3 is 0 Å². The second-order valence-corrected chi connectivity index (χ2v) is 17.6. The van der Waals surface area contributed by atoms with Gasteiger partial charge in [0, 0.05) is 0 Å². The van der Waals surface area contributed by atoms with Gasteiger partial charge in [-0.3, -0.25) is 0 Å². The zero-order valence-corrected chi connectivity index (χ0v) is 19.4. The average Bonchev–Trinajstić information content (AvgIpc) is 2.37. The van der Waals surface area contributed by atoms with Crippen LogP contribution in [0.1, 0.15) is 11.1 Å². The largest absolute Gasteiger partial charge is 0.160 e. The Labute approximate surface area is 168 Å². The van der Waals surface area contributed by atoms with Crippen molar-refractivity contribution in [3.63, 3.8) is 0 Å². The molecule has 0 atom stereocenters. The molecule has 0 N–H and O–H groups in total. The van der Waals surface area contributed by atoms with Crippen LogP contribution in [0.15, 0.2) is 48.5 Å². The summed E-state index contributed by atoms with van der Waals surface area (Å²) in [7, 11) is 0. The molecule has 0 aliphatic rings. The van der Waals surface area contributed by atoms with E-state index in [0.29, 0.717) is 0 Å². The molecule has 106 valence electrons. The van der Waals surface area contributed by atoms with Crippen LogP contribution in [0, 0.1) is 0 Å². The van der Waals surface area contributed by atoms with Crippen LogP contribution in [0.3, 0.4) is 0 Å². The zero-order valence-electron chi connectivity index (χ0n) is 9.89. The highest BCUT2D eigenvalue weighted by Gasteiger charge is 2.29. The molecule has 0 saturated heterocycles. The molecular weight excluding hydrogens is 648 g/mol. The van der Waals surface area contributed by atoms with E-state index in [9.17, 15) is 0 Å². The summed E-state index contributed by atoms with van der Waals surface area (Å²) < 4.78 is -0.908. The molecule has 0 radical (unpaired) electrons. The molecule has 6 heteroatoms. The second-order valence-electron chi connectivity index (χ2n) is 4.09. The standard InChI is InChI=1S/C14H8Br6/c15-13(16,17)11-7-3-1-5-9(11)10-6-2-4-8-12(10)14(18,19)20/h1-8H. The average molecular weight is 656 g/mol. The van der Waals surface area contributed by atoms with Crippen LogP contribution in [-0.4, -0.2) is 0 Å². The summed E-state index contributed by atoms with van der Waals surface area (Å²) in [6.45, 7) is 0. The van der Waals surface area contributed by atoms with E-state index in [1.165, 1.54) is 0 Å². The van der Waals surface area contributed by atoms with Gasteiger partial charge in [0.25, 0.3) is 0 Å². The molecule has 20 heavy (non-hydrogen) atoms. The molecule has 0 aromatic heterocycles. The maximum absolute atomic E-state index is 3.61. The molecule has 2 rings (SSSR count). The van der Waals surface area contributed by atoms with E-state index in [0.717, 1.165) is 22.3 Å². The topological polar surface area (TPSA) is 0 Å². The highest BCUT2D eigenvalue weighted by molar-refractivity contribution is 9.39. The Kier molecular flexibility index (Phi) is 6.04. The molecule has 0 aliphatic carbocycles. The first kappa shape index (κ1) is 17.7. The van der Waals surface area contributed by atoms with Crippen molar-refractivity contribution in [2.45, 2.75) is 4.29 Å². The molecule has 0 amide bonds. The molecule has 2 aromatic carbocycles. The predicted octanol–water partition coefficient (Wildman–Crippen LogP) is 7.94. The van der Waals surface area contributed by atoms with Gasteiger partial charge < -0.3 is 0 Å². The maximum Gasteiger partial charge on any atom is 0.160 e. The minimum absolute atomic E-state index is 0.454. The van der Waals surface area contributed by atoms with Crippen LogP contribution >= 0.6 is 95.6 Å². The summed E-state index contributed by atoms with van der Waals surface area (Å²) in [5, 5.41) is 0. The Balaban J connectivity index is 2.71. The van der Waals surface area contributed by atoms with E-state index >= 15 is 0 Å². The molecule has 0 nitrogen and oxygen atoms in total. The van der Waals surface area contributed by atoms with Gasteiger partial charge in [0.05, 0.1) is 0 Å². The van der Waals surface area contributed by atoms with Crippen LogP contribution in [0.2, 0.25) is 0 Å². The molecular formula is C14H8Br6. The lowest BCUT2D eigenvalue weighted by Gasteiger charge is -2.22. The van der Waals surface area contributed by atoms with Crippen LogP contribution in [0.4, 0.5) is 0 Å². The summed E-state index contributed by atoms with van der Waals surface area (Å²) in [4.78, 5) is 0. The van der Waals surface area contributed by atoms with Gasteiger partial charge in [-0.05, 0) is 22.3 Å². The van der Waals surface area contributed by atoms with Crippen LogP contribution in [0.5, 0.6) is 0 Å². The van der Waals surface area contributed by atoms with Crippen molar-refractivity contribution in [3.8, 4) is 11.1 Å². The molecule has 0 bridgehead atoms. The number of alkyl halides is 6. The van der Waals surface area contributed by atoms with E-state index in [4.69, 9.17) is 0 Å². The fraction of sp³-hybridized carbons (Fsp3) is 0.143. The third kappa shape index (κ3) is 4.19. The molecule has 0 heterocycles. The monoisotopic (exact) mass is 650 g/mol. The van der Waals surface area contributed by atoms with E-state index in [1.54, 1.807) is 0 Å². The second kappa shape index (κ2) is 6.83. The van der Waals surface area contributed by atoms with Gasteiger partial charge in [-0.2, -0.15) is 0 Å². The maximum atomic E-state index is 3.61. The van der Waals surface area contributed by atoms with Crippen molar-refractivity contribution in [1.29, 1.82) is 0 Å². The zero-order chi connectivity index (χ0) is 15.0. The Bertz CT molecular complexity index is 554. The first-order chi connectivity index (χ1) is 9.21. The lowest BCUT2D eigenvalue weighted by Crippen LogP contribution is -2.05. The summed E-state index contributed by atoms with van der Waals surface area (Å²) in [5.41, 5.74) is 4.47. The lowest BCUT2D eigenvalue weighted by atomic mass is 9.97.